The van der Waals surface area contributed by atoms with Crippen molar-refractivity contribution in [3.63, 3.8) is 0 Å². The highest BCUT2D eigenvalue weighted by molar-refractivity contribution is 5.85. The summed E-state index contributed by atoms with van der Waals surface area (Å²) in [6.07, 6.45) is 0.960. The summed E-state index contributed by atoms with van der Waals surface area (Å²) in [6.45, 7) is 4.59. The lowest BCUT2D eigenvalue weighted by Gasteiger charge is -2.34. The summed E-state index contributed by atoms with van der Waals surface area (Å²) >= 11 is 0. The molecule has 1 fully saturated rings. The van der Waals surface area contributed by atoms with Crippen LogP contribution in [-0.2, 0) is 6.54 Å². The Morgan fingerprint density at radius 3 is 2.79 bits per heavy atom. The third-order valence-corrected chi connectivity index (χ3v) is 3.64. The van der Waals surface area contributed by atoms with Gasteiger partial charge in [0.15, 0.2) is 0 Å². The average molecular weight is 286 g/mol. The first-order chi connectivity index (χ1) is 8.58. The van der Waals surface area contributed by atoms with Crippen molar-refractivity contribution >= 4 is 18.1 Å². The van der Waals surface area contributed by atoms with Crippen LogP contribution in [0.2, 0.25) is 0 Å². The molecule has 1 aliphatic heterocycles. The van der Waals surface area contributed by atoms with Crippen LogP contribution in [0.4, 0.5) is 5.69 Å². The largest absolute Gasteiger partial charge is 0.327 e. The van der Waals surface area contributed by atoms with Gasteiger partial charge in [0.1, 0.15) is 0 Å². The first kappa shape index (κ1) is 15.9. The topological polar surface area (TPSA) is 72.4 Å². The summed E-state index contributed by atoms with van der Waals surface area (Å²) in [6, 6.07) is 7.20. The van der Waals surface area contributed by atoms with Gasteiger partial charge in [-0.3, -0.25) is 15.0 Å². The number of para-hydroxylation sites is 1. The van der Waals surface area contributed by atoms with E-state index in [-0.39, 0.29) is 29.1 Å². The van der Waals surface area contributed by atoms with E-state index in [1.165, 1.54) is 0 Å². The van der Waals surface area contributed by atoms with E-state index in [0.717, 1.165) is 25.1 Å². The van der Waals surface area contributed by atoms with Gasteiger partial charge in [-0.2, -0.15) is 0 Å². The maximum Gasteiger partial charge on any atom is 0.273 e. The number of nitro groups is 1. The Labute approximate surface area is 119 Å². The molecule has 0 bridgehead atoms. The van der Waals surface area contributed by atoms with Gasteiger partial charge >= 0.3 is 0 Å². The first-order valence-corrected chi connectivity index (χ1v) is 6.28. The summed E-state index contributed by atoms with van der Waals surface area (Å²) in [5, 5.41) is 10.9. The molecule has 1 aromatic rings. The molecule has 0 saturated carbocycles. The predicted octanol–water partition coefficient (Wildman–Crippen LogP) is 2.19. The molecule has 2 unspecified atom stereocenters. The molecule has 1 aliphatic rings. The molecule has 19 heavy (non-hydrogen) atoms. The molecule has 2 rings (SSSR count). The van der Waals surface area contributed by atoms with Gasteiger partial charge in [-0.05, 0) is 18.9 Å². The van der Waals surface area contributed by atoms with Crippen LogP contribution in [0.5, 0.6) is 0 Å². The smallest absolute Gasteiger partial charge is 0.273 e. The van der Waals surface area contributed by atoms with Gasteiger partial charge in [-0.1, -0.05) is 25.1 Å². The Hall–Kier alpha value is -1.17. The Balaban J connectivity index is 0.00000180. The summed E-state index contributed by atoms with van der Waals surface area (Å²) < 4.78 is 0. The third kappa shape index (κ3) is 3.89. The molecule has 0 radical (unpaired) electrons. The molecule has 1 aromatic carbocycles. The standard InChI is InChI=1S/C13H19N3O2.ClH/c1-10-8-15(7-6-12(10)14)9-11-4-2-3-5-13(11)16(17)18;/h2-5,10,12H,6-9,14H2,1H3;1H. The molecule has 0 aromatic heterocycles. The van der Waals surface area contributed by atoms with Gasteiger partial charge in [0.05, 0.1) is 4.92 Å². The molecule has 1 saturated heterocycles. The van der Waals surface area contributed by atoms with Gasteiger partial charge in [0.2, 0.25) is 0 Å². The van der Waals surface area contributed by atoms with E-state index >= 15 is 0 Å². The highest BCUT2D eigenvalue weighted by atomic mass is 35.5. The minimum absolute atomic E-state index is 0. The average Bonchev–Trinajstić information content (AvgIpc) is 2.34. The minimum atomic E-state index is -0.311. The Morgan fingerprint density at radius 2 is 2.16 bits per heavy atom. The highest BCUT2D eigenvalue weighted by Gasteiger charge is 2.24. The second-order valence-electron chi connectivity index (χ2n) is 5.05. The monoisotopic (exact) mass is 285 g/mol. The van der Waals surface area contributed by atoms with Gasteiger partial charge < -0.3 is 5.73 Å². The fourth-order valence-electron chi connectivity index (χ4n) is 2.46. The SMILES string of the molecule is CC1CN(Cc2ccccc2[N+](=O)[O-])CCC1N.Cl. The van der Waals surface area contributed by atoms with E-state index < -0.39 is 0 Å². The molecule has 0 amide bonds. The summed E-state index contributed by atoms with van der Waals surface area (Å²) in [7, 11) is 0. The van der Waals surface area contributed by atoms with Crippen LogP contribution in [0.1, 0.15) is 18.9 Å². The number of hydrogen-bond acceptors (Lipinski definition) is 4. The number of nitrogens with two attached hydrogens (primary N) is 1. The molecule has 0 aliphatic carbocycles. The Morgan fingerprint density at radius 1 is 1.47 bits per heavy atom. The maximum atomic E-state index is 10.9. The van der Waals surface area contributed by atoms with Gasteiger partial charge in [-0.15, -0.1) is 12.4 Å². The van der Waals surface area contributed by atoms with Crippen molar-refractivity contribution in [3.8, 4) is 0 Å². The van der Waals surface area contributed by atoms with Gasteiger partial charge in [0.25, 0.3) is 5.69 Å². The van der Waals surface area contributed by atoms with Crippen LogP contribution >= 0.6 is 12.4 Å². The number of rotatable bonds is 3. The van der Waals surface area contributed by atoms with E-state index in [1.54, 1.807) is 12.1 Å². The lowest BCUT2D eigenvalue weighted by molar-refractivity contribution is -0.385. The summed E-state index contributed by atoms with van der Waals surface area (Å²) in [5.41, 5.74) is 6.97. The number of nitrogens with zero attached hydrogens (tertiary/aromatic N) is 2. The van der Waals surface area contributed by atoms with Crippen molar-refractivity contribution in [1.29, 1.82) is 0 Å². The number of hydrogen-bond donors (Lipinski definition) is 1. The highest BCUT2D eigenvalue weighted by Crippen LogP contribution is 2.22. The van der Waals surface area contributed by atoms with E-state index in [1.807, 2.05) is 12.1 Å². The number of halogens is 1. The van der Waals surface area contributed by atoms with Crippen LogP contribution in [0.3, 0.4) is 0 Å². The maximum absolute atomic E-state index is 10.9. The minimum Gasteiger partial charge on any atom is -0.327 e. The molecular weight excluding hydrogens is 266 g/mol. The number of likely N-dealkylation sites (tertiary alicyclic amines) is 1. The van der Waals surface area contributed by atoms with E-state index in [2.05, 4.69) is 11.8 Å². The molecule has 1 heterocycles. The summed E-state index contributed by atoms with van der Waals surface area (Å²) in [5.74, 6) is 0.446. The van der Waals surface area contributed by atoms with Crippen LogP contribution in [-0.4, -0.2) is 29.0 Å². The molecule has 6 heteroatoms. The molecule has 2 N–H and O–H groups in total. The zero-order chi connectivity index (χ0) is 13.1. The van der Waals surface area contributed by atoms with Gasteiger partial charge in [0, 0.05) is 30.8 Å². The van der Waals surface area contributed by atoms with E-state index in [9.17, 15) is 10.1 Å². The lowest BCUT2D eigenvalue weighted by atomic mass is 9.94. The second-order valence-corrected chi connectivity index (χ2v) is 5.05. The fourth-order valence-corrected chi connectivity index (χ4v) is 2.46. The lowest BCUT2D eigenvalue weighted by Crippen LogP contribution is -2.45. The first-order valence-electron chi connectivity index (χ1n) is 6.28. The van der Waals surface area contributed by atoms with E-state index in [4.69, 9.17) is 5.73 Å². The van der Waals surface area contributed by atoms with Crippen molar-refractivity contribution in [2.24, 2.45) is 11.7 Å². The molecular formula is C13H20ClN3O2. The van der Waals surface area contributed by atoms with Crippen LogP contribution in [0.25, 0.3) is 0 Å². The zero-order valence-corrected chi connectivity index (χ0v) is 11.8. The zero-order valence-electron chi connectivity index (χ0n) is 11.0. The Kier molecular flexibility index (Phi) is 5.72. The van der Waals surface area contributed by atoms with Crippen molar-refractivity contribution in [2.75, 3.05) is 13.1 Å². The van der Waals surface area contributed by atoms with Crippen LogP contribution < -0.4 is 5.73 Å². The quantitative estimate of drug-likeness (QED) is 0.682. The van der Waals surface area contributed by atoms with Crippen molar-refractivity contribution < 1.29 is 4.92 Å². The van der Waals surface area contributed by atoms with E-state index in [0.29, 0.717) is 12.5 Å². The predicted molar refractivity (Wildman–Crippen MR) is 77.4 cm³/mol. The molecule has 5 nitrogen and oxygen atoms in total. The van der Waals surface area contributed by atoms with Crippen molar-refractivity contribution in [3.05, 3.63) is 39.9 Å². The number of piperidine rings is 1. The summed E-state index contributed by atoms with van der Waals surface area (Å²) in [4.78, 5) is 12.9. The third-order valence-electron chi connectivity index (χ3n) is 3.64. The second kappa shape index (κ2) is 6.84. The van der Waals surface area contributed by atoms with Crippen molar-refractivity contribution in [1.82, 2.24) is 4.90 Å². The van der Waals surface area contributed by atoms with Gasteiger partial charge in [-0.25, -0.2) is 0 Å². The molecule has 0 spiro atoms. The van der Waals surface area contributed by atoms with Crippen LogP contribution in [0.15, 0.2) is 24.3 Å². The Bertz CT molecular complexity index is 442. The molecule has 2 atom stereocenters. The normalized spacial score (nSPS) is 23.7. The fraction of sp³-hybridized carbons (Fsp3) is 0.538. The number of nitro benzene ring substituents is 1. The van der Waals surface area contributed by atoms with Crippen LogP contribution in [0, 0.1) is 16.0 Å². The molecule has 106 valence electrons. The van der Waals surface area contributed by atoms with Crippen molar-refractivity contribution in [2.45, 2.75) is 25.9 Å². The number of benzene rings is 1.